The van der Waals surface area contributed by atoms with Crippen molar-refractivity contribution >= 4 is 21.8 Å². The standard InChI is InChI=1S/C19H23BrN2O2/c1-14-11-17(20)24-18(14)19(23)21-12-16-9-5-6-10-22(16)13-15-7-3-2-4-8-15/h2-4,7-8,11,16H,5-6,9-10,12-13H2,1H3,(H,21,23). The van der Waals surface area contributed by atoms with Crippen LogP contribution >= 0.6 is 15.9 Å². The number of nitrogens with zero attached hydrogens (tertiary/aromatic N) is 1. The maximum atomic E-state index is 12.3. The number of piperidine rings is 1. The Morgan fingerprint density at radius 1 is 1.33 bits per heavy atom. The largest absolute Gasteiger partial charge is 0.444 e. The van der Waals surface area contributed by atoms with Gasteiger partial charge in [-0.3, -0.25) is 9.69 Å². The SMILES string of the molecule is Cc1cc(Br)oc1C(=O)NCC1CCCCN1Cc1ccccc1. The minimum Gasteiger partial charge on any atom is -0.444 e. The predicted molar refractivity (Wildman–Crippen MR) is 98.0 cm³/mol. The third kappa shape index (κ3) is 4.28. The zero-order valence-electron chi connectivity index (χ0n) is 13.9. The van der Waals surface area contributed by atoms with Gasteiger partial charge in [0.2, 0.25) is 0 Å². The van der Waals surface area contributed by atoms with Gasteiger partial charge in [0.25, 0.3) is 5.91 Å². The van der Waals surface area contributed by atoms with Crippen molar-refractivity contribution in [1.29, 1.82) is 0 Å². The maximum absolute atomic E-state index is 12.3. The van der Waals surface area contributed by atoms with Crippen LogP contribution in [0.1, 0.15) is 40.9 Å². The Hall–Kier alpha value is -1.59. The molecule has 1 amide bonds. The molecule has 0 radical (unpaired) electrons. The molecule has 1 unspecified atom stereocenters. The van der Waals surface area contributed by atoms with Crippen LogP contribution in [0.25, 0.3) is 0 Å². The van der Waals surface area contributed by atoms with Gasteiger partial charge < -0.3 is 9.73 Å². The molecule has 0 spiro atoms. The van der Waals surface area contributed by atoms with Crippen molar-refractivity contribution in [2.75, 3.05) is 13.1 Å². The van der Waals surface area contributed by atoms with E-state index in [2.05, 4.69) is 50.4 Å². The van der Waals surface area contributed by atoms with E-state index in [9.17, 15) is 4.79 Å². The molecular weight excluding hydrogens is 368 g/mol. The van der Waals surface area contributed by atoms with E-state index in [0.29, 0.717) is 23.0 Å². The lowest BCUT2D eigenvalue weighted by molar-refractivity contribution is 0.0879. The molecule has 24 heavy (non-hydrogen) atoms. The Kier molecular flexibility index (Phi) is 5.74. The molecule has 5 heteroatoms. The monoisotopic (exact) mass is 390 g/mol. The highest BCUT2D eigenvalue weighted by Gasteiger charge is 2.24. The van der Waals surface area contributed by atoms with Gasteiger partial charge in [-0.25, -0.2) is 0 Å². The summed E-state index contributed by atoms with van der Waals surface area (Å²) in [5.74, 6) is 0.260. The molecule has 1 saturated heterocycles. The fourth-order valence-electron chi connectivity index (χ4n) is 3.28. The number of carbonyl (C=O) groups is 1. The van der Waals surface area contributed by atoms with Crippen molar-refractivity contribution in [2.45, 2.75) is 38.8 Å². The van der Waals surface area contributed by atoms with Crippen LogP contribution in [0, 0.1) is 6.92 Å². The number of carbonyl (C=O) groups excluding carboxylic acids is 1. The van der Waals surface area contributed by atoms with Crippen LogP contribution in [0.2, 0.25) is 0 Å². The molecule has 0 bridgehead atoms. The van der Waals surface area contributed by atoms with Crippen molar-refractivity contribution < 1.29 is 9.21 Å². The maximum Gasteiger partial charge on any atom is 0.287 e. The molecule has 2 aromatic rings. The van der Waals surface area contributed by atoms with E-state index >= 15 is 0 Å². The van der Waals surface area contributed by atoms with E-state index < -0.39 is 0 Å². The smallest absolute Gasteiger partial charge is 0.287 e. The summed E-state index contributed by atoms with van der Waals surface area (Å²) in [7, 11) is 0. The average molecular weight is 391 g/mol. The summed E-state index contributed by atoms with van der Waals surface area (Å²) in [5, 5.41) is 3.04. The third-order valence-electron chi connectivity index (χ3n) is 4.57. The molecule has 0 aliphatic carbocycles. The van der Waals surface area contributed by atoms with Gasteiger partial charge in [-0.15, -0.1) is 0 Å². The molecule has 1 N–H and O–H groups in total. The van der Waals surface area contributed by atoms with Crippen LogP contribution in [0.3, 0.4) is 0 Å². The molecule has 128 valence electrons. The van der Waals surface area contributed by atoms with Crippen molar-refractivity contribution in [2.24, 2.45) is 0 Å². The number of benzene rings is 1. The number of nitrogens with one attached hydrogen (secondary N) is 1. The zero-order chi connectivity index (χ0) is 16.9. The van der Waals surface area contributed by atoms with Crippen LogP contribution in [0.4, 0.5) is 0 Å². The van der Waals surface area contributed by atoms with Gasteiger partial charge >= 0.3 is 0 Å². The lowest BCUT2D eigenvalue weighted by Gasteiger charge is -2.35. The van der Waals surface area contributed by atoms with E-state index in [4.69, 9.17) is 4.42 Å². The zero-order valence-corrected chi connectivity index (χ0v) is 15.5. The number of hydrogen-bond donors (Lipinski definition) is 1. The number of rotatable bonds is 5. The van der Waals surface area contributed by atoms with Crippen LogP contribution in [0.15, 0.2) is 45.5 Å². The molecule has 1 aliphatic rings. The van der Waals surface area contributed by atoms with Crippen molar-refractivity contribution in [3.05, 3.63) is 58.0 Å². The molecule has 0 saturated carbocycles. The van der Waals surface area contributed by atoms with E-state index in [-0.39, 0.29) is 5.91 Å². The number of hydrogen-bond acceptors (Lipinski definition) is 3. The lowest BCUT2D eigenvalue weighted by atomic mass is 10.0. The van der Waals surface area contributed by atoms with Crippen molar-refractivity contribution in [3.63, 3.8) is 0 Å². The first-order chi connectivity index (χ1) is 11.6. The molecule has 3 rings (SSSR count). The number of likely N-dealkylation sites (tertiary alicyclic amines) is 1. The minimum absolute atomic E-state index is 0.136. The molecule has 1 aromatic heterocycles. The second-order valence-electron chi connectivity index (χ2n) is 6.38. The topological polar surface area (TPSA) is 45.5 Å². The second-order valence-corrected chi connectivity index (χ2v) is 7.16. The molecule has 1 fully saturated rings. The Balaban J connectivity index is 1.59. The predicted octanol–water partition coefficient (Wildman–Crippen LogP) is 4.14. The van der Waals surface area contributed by atoms with E-state index in [0.717, 1.165) is 25.1 Å². The van der Waals surface area contributed by atoms with Gasteiger partial charge in [-0.05, 0) is 53.9 Å². The number of halogens is 1. The molecule has 4 nitrogen and oxygen atoms in total. The molecule has 1 atom stereocenters. The lowest BCUT2D eigenvalue weighted by Crippen LogP contribution is -2.46. The summed E-state index contributed by atoms with van der Waals surface area (Å²) in [6, 6.07) is 12.7. The Bertz CT molecular complexity index is 684. The van der Waals surface area contributed by atoms with E-state index in [1.54, 1.807) is 0 Å². The third-order valence-corrected chi connectivity index (χ3v) is 4.96. The van der Waals surface area contributed by atoms with Gasteiger partial charge in [0.05, 0.1) is 0 Å². The Morgan fingerprint density at radius 2 is 2.12 bits per heavy atom. The van der Waals surface area contributed by atoms with Gasteiger partial charge in [0.15, 0.2) is 10.4 Å². The van der Waals surface area contributed by atoms with Gasteiger partial charge in [0.1, 0.15) is 0 Å². The van der Waals surface area contributed by atoms with Crippen LogP contribution in [0.5, 0.6) is 0 Å². The number of furan rings is 1. The van der Waals surface area contributed by atoms with Crippen LogP contribution in [-0.4, -0.2) is 29.9 Å². The van der Waals surface area contributed by atoms with E-state index in [1.165, 1.54) is 18.4 Å². The first-order valence-electron chi connectivity index (χ1n) is 8.45. The van der Waals surface area contributed by atoms with Crippen molar-refractivity contribution in [3.8, 4) is 0 Å². The minimum atomic E-state index is -0.136. The van der Waals surface area contributed by atoms with Gasteiger partial charge in [-0.1, -0.05) is 36.8 Å². The van der Waals surface area contributed by atoms with Gasteiger partial charge in [-0.2, -0.15) is 0 Å². The summed E-state index contributed by atoms with van der Waals surface area (Å²) in [6.45, 7) is 4.56. The molecule has 1 aliphatic heterocycles. The first kappa shape index (κ1) is 17.2. The average Bonchev–Trinajstić information content (AvgIpc) is 2.93. The highest BCUT2D eigenvalue weighted by Crippen LogP contribution is 2.21. The fourth-order valence-corrected chi connectivity index (χ4v) is 3.78. The normalized spacial score (nSPS) is 18.5. The summed E-state index contributed by atoms with van der Waals surface area (Å²) < 4.78 is 6.02. The second kappa shape index (κ2) is 7.99. The summed E-state index contributed by atoms with van der Waals surface area (Å²) in [6.07, 6.45) is 3.56. The number of amides is 1. The quantitative estimate of drug-likeness (QED) is 0.834. The van der Waals surface area contributed by atoms with Crippen LogP contribution in [-0.2, 0) is 6.54 Å². The first-order valence-corrected chi connectivity index (χ1v) is 9.25. The van der Waals surface area contributed by atoms with Crippen LogP contribution < -0.4 is 5.32 Å². The Morgan fingerprint density at radius 3 is 2.83 bits per heavy atom. The van der Waals surface area contributed by atoms with Gasteiger partial charge in [0, 0.05) is 24.7 Å². The highest BCUT2D eigenvalue weighted by atomic mass is 79.9. The molecule has 2 heterocycles. The summed E-state index contributed by atoms with van der Waals surface area (Å²) >= 11 is 3.27. The highest BCUT2D eigenvalue weighted by molar-refractivity contribution is 9.10. The summed E-state index contributed by atoms with van der Waals surface area (Å²) in [4.78, 5) is 14.8. The summed E-state index contributed by atoms with van der Waals surface area (Å²) in [5.41, 5.74) is 2.17. The number of aryl methyl sites for hydroxylation is 1. The Labute approximate surface area is 151 Å². The van der Waals surface area contributed by atoms with E-state index in [1.807, 2.05) is 19.1 Å². The molecular formula is C19H23BrN2O2. The van der Waals surface area contributed by atoms with Crippen molar-refractivity contribution in [1.82, 2.24) is 10.2 Å². The molecule has 1 aromatic carbocycles. The fraction of sp³-hybridized carbons (Fsp3) is 0.421.